The zero-order valence-electron chi connectivity index (χ0n) is 10.1. The number of ether oxygens (including phenoxy) is 1. The number of carbonyl (C=O) groups excluding carboxylic acids is 1. The molecule has 0 saturated heterocycles. The molecule has 0 amide bonds. The van der Waals surface area contributed by atoms with Crippen molar-refractivity contribution in [3.05, 3.63) is 35.5 Å². The number of methoxy groups -OCH3 is 1. The number of nitrogens with one attached hydrogen (secondary N) is 1. The minimum atomic E-state index is -0.931. The zero-order valence-corrected chi connectivity index (χ0v) is 10.1. The fourth-order valence-electron chi connectivity index (χ4n) is 1.98. The lowest BCUT2D eigenvalue weighted by Crippen LogP contribution is -2.09. The first kappa shape index (κ1) is 12.2. The Balaban J connectivity index is 2.70. The van der Waals surface area contributed by atoms with E-state index < -0.39 is 17.9 Å². The maximum atomic E-state index is 11.6. The molecule has 0 bridgehead atoms. The highest BCUT2D eigenvalue weighted by Crippen LogP contribution is 2.28. The largest absolute Gasteiger partial charge is 0.481 e. The predicted molar refractivity (Wildman–Crippen MR) is 65.7 cm³/mol. The van der Waals surface area contributed by atoms with E-state index in [4.69, 9.17) is 9.84 Å². The van der Waals surface area contributed by atoms with Crippen LogP contribution in [0.3, 0.4) is 0 Å². The first-order chi connectivity index (χ1) is 8.56. The molecule has 0 aliphatic carbocycles. The van der Waals surface area contributed by atoms with E-state index >= 15 is 0 Å². The topological polar surface area (TPSA) is 79.4 Å². The Morgan fingerprint density at radius 2 is 2.11 bits per heavy atom. The van der Waals surface area contributed by atoms with E-state index in [2.05, 4.69) is 4.98 Å². The summed E-state index contributed by atoms with van der Waals surface area (Å²) >= 11 is 0. The number of rotatable bonds is 3. The summed E-state index contributed by atoms with van der Waals surface area (Å²) in [5.74, 6) is -2.10. The van der Waals surface area contributed by atoms with Gasteiger partial charge in [0, 0.05) is 17.1 Å². The zero-order chi connectivity index (χ0) is 13.3. The summed E-state index contributed by atoms with van der Waals surface area (Å²) in [4.78, 5) is 25.7. The number of aromatic amines is 1. The van der Waals surface area contributed by atoms with Gasteiger partial charge in [0.1, 0.15) is 0 Å². The average Bonchev–Trinajstić information content (AvgIpc) is 2.80. The third-order valence-corrected chi connectivity index (χ3v) is 2.98. The highest BCUT2D eigenvalue weighted by Gasteiger charge is 2.21. The maximum absolute atomic E-state index is 11.6. The number of esters is 1. The standard InChI is InChI=1S/C13H13NO4/c1-7(12(15)16)8-4-3-5-10-11(8)9(6-14-10)13(17)18-2/h3-7,14H,1-2H3,(H,15,16). The van der Waals surface area contributed by atoms with Gasteiger partial charge in [0.15, 0.2) is 0 Å². The van der Waals surface area contributed by atoms with Crippen LogP contribution in [0, 0.1) is 0 Å². The van der Waals surface area contributed by atoms with Crippen molar-refractivity contribution in [3.8, 4) is 0 Å². The summed E-state index contributed by atoms with van der Waals surface area (Å²) < 4.78 is 4.69. The number of H-pyrrole nitrogens is 1. The summed E-state index contributed by atoms with van der Waals surface area (Å²) in [6.07, 6.45) is 1.54. The molecular weight excluding hydrogens is 234 g/mol. The van der Waals surface area contributed by atoms with Crippen molar-refractivity contribution in [2.75, 3.05) is 7.11 Å². The number of carbonyl (C=O) groups is 2. The van der Waals surface area contributed by atoms with Crippen LogP contribution < -0.4 is 0 Å². The van der Waals surface area contributed by atoms with Crippen molar-refractivity contribution in [2.24, 2.45) is 0 Å². The third-order valence-electron chi connectivity index (χ3n) is 2.98. The van der Waals surface area contributed by atoms with Crippen molar-refractivity contribution in [1.82, 2.24) is 4.98 Å². The number of carboxylic acids is 1. The fraction of sp³-hybridized carbons (Fsp3) is 0.231. The summed E-state index contributed by atoms with van der Waals surface area (Å²) in [5, 5.41) is 9.70. The average molecular weight is 247 g/mol. The highest BCUT2D eigenvalue weighted by atomic mass is 16.5. The number of benzene rings is 1. The third kappa shape index (κ3) is 1.84. The molecule has 2 aromatic rings. The minimum Gasteiger partial charge on any atom is -0.481 e. The van der Waals surface area contributed by atoms with Crippen LogP contribution in [0.1, 0.15) is 28.8 Å². The van der Waals surface area contributed by atoms with Gasteiger partial charge in [-0.1, -0.05) is 12.1 Å². The van der Waals surface area contributed by atoms with Crippen molar-refractivity contribution in [1.29, 1.82) is 0 Å². The molecule has 2 N–H and O–H groups in total. The number of fused-ring (bicyclic) bond motifs is 1. The van der Waals surface area contributed by atoms with Gasteiger partial charge in [-0.3, -0.25) is 4.79 Å². The normalized spacial score (nSPS) is 12.3. The summed E-state index contributed by atoms with van der Waals surface area (Å²) in [6.45, 7) is 1.59. The van der Waals surface area contributed by atoms with Gasteiger partial charge in [0.05, 0.1) is 18.6 Å². The van der Waals surface area contributed by atoms with Crippen LogP contribution in [-0.2, 0) is 9.53 Å². The first-order valence-corrected chi connectivity index (χ1v) is 5.47. The van der Waals surface area contributed by atoms with Crippen LogP contribution in [0.5, 0.6) is 0 Å². The molecule has 0 aliphatic heterocycles. The smallest absolute Gasteiger partial charge is 0.340 e. The van der Waals surface area contributed by atoms with Gasteiger partial charge >= 0.3 is 11.9 Å². The van der Waals surface area contributed by atoms with Crippen LogP contribution in [-0.4, -0.2) is 29.1 Å². The van der Waals surface area contributed by atoms with Gasteiger partial charge in [-0.15, -0.1) is 0 Å². The van der Waals surface area contributed by atoms with Gasteiger partial charge in [0.25, 0.3) is 0 Å². The second kappa shape index (κ2) is 4.52. The molecule has 94 valence electrons. The molecule has 0 fully saturated rings. The molecular formula is C13H13NO4. The molecule has 0 spiro atoms. The van der Waals surface area contributed by atoms with E-state index in [1.165, 1.54) is 13.3 Å². The second-order valence-corrected chi connectivity index (χ2v) is 4.02. The molecule has 5 heteroatoms. The van der Waals surface area contributed by atoms with Crippen molar-refractivity contribution in [2.45, 2.75) is 12.8 Å². The molecule has 18 heavy (non-hydrogen) atoms. The maximum Gasteiger partial charge on any atom is 0.340 e. The van der Waals surface area contributed by atoms with Crippen molar-refractivity contribution >= 4 is 22.8 Å². The van der Waals surface area contributed by atoms with Crippen LogP contribution in [0.15, 0.2) is 24.4 Å². The van der Waals surface area contributed by atoms with E-state index in [0.29, 0.717) is 16.5 Å². The van der Waals surface area contributed by atoms with E-state index in [0.717, 1.165) is 5.52 Å². The number of hydrogen-bond donors (Lipinski definition) is 2. The Morgan fingerprint density at radius 1 is 1.39 bits per heavy atom. The predicted octanol–water partition coefficient (Wildman–Crippen LogP) is 2.14. The lowest BCUT2D eigenvalue weighted by Gasteiger charge is -2.09. The van der Waals surface area contributed by atoms with Crippen LogP contribution in [0.4, 0.5) is 0 Å². The monoisotopic (exact) mass is 247 g/mol. The van der Waals surface area contributed by atoms with E-state index in [1.807, 2.05) is 0 Å². The molecule has 1 unspecified atom stereocenters. The quantitative estimate of drug-likeness (QED) is 0.814. The van der Waals surface area contributed by atoms with Crippen molar-refractivity contribution in [3.63, 3.8) is 0 Å². The van der Waals surface area contributed by atoms with Crippen LogP contribution in [0.2, 0.25) is 0 Å². The number of aromatic nitrogens is 1. The summed E-state index contributed by atoms with van der Waals surface area (Å²) in [7, 11) is 1.30. The molecule has 5 nitrogen and oxygen atoms in total. The van der Waals surface area contributed by atoms with Gasteiger partial charge in [0.2, 0.25) is 0 Å². The molecule has 0 radical (unpaired) electrons. The lowest BCUT2D eigenvalue weighted by atomic mass is 9.95. The van der Waals surface area contributed by atoms with Gasteiger partial charge < -0.3 is 14.8 Å². The van der Waals surface area contributed by atoms with Gasteiger partial charge in [-0.05, 0) is 18.6 Å². The lowest BCUT2D eigenvalue weighted by molar-refractivity contribution is -0.138. The summed E-state index contributed by atoms with van der Waals surface area (Å²) in [5.41, 5.74) is 1.68. The molecule has 0 aliphatic rings. The molecule has 2 rings (SSSR count). The summed E-state index contributed by atoms with van der Waals surface area (Å²) in [6, 6.07) is 5.26. The SMILES string of the molecule is COC(=O)c1c[nH]c2cccc(C(C)C(=O)O)c12. The van der Waals surface area contributed by atoms with Crippen LogP contribution in [0.25, 0.3) is 10.9 Å². The molecule has 0 saturated carbocycles. The first-order valence-electron chi connectivity index (χ1n) is 5.47. The Bertz CT molecular complexity index is 614. The highest BCUT2D eigenvalue weighted by molar-refractivity contribution is 6.06. The van der Waals surface area contributed by atoms with E-state index in [9.17, 15) is 9.59 Å². The fourth-order valence-corrected chi connectivity index (χ4v) is 1.98. The number of hydrogen-bond acceptors (Lipinski definition) is 3. The molecule has 1 aromatic heterocycles. The number of aliphatic carboxylic acids is 1. The van der Waals surface area contributed by atoms with Gasteiger partial charge in [-0.25, -0.2) is 4.79 Å². The van der Waals surface area contributed by atoms with Gasteiger partial charge in [-0.2, -0.15) is 0 Å². The minimum absolute atomic E-state index is 0.358. The Morgan fingerprint density at radius 3 is 2.72 bits per heavy atom. The van der Waals surface area contributed by atoms with E-state index in [1.54, 1.807) is 25.1 Å². The Kier molecular flexibility index (Phi) is 3.06. The van der Waals surface area contributed by atoms with E-state index in [-0.39, 0.29) is 0 Å². The van der Waals surface area contributed by atoms with Crippen molar-refractivity contribution < 1.29 is 19.4 Å². The molecule has 1 aromatic carbocycles. The van der Waals surface area contributed by atoms with Crippen LogP contribution >= 0.6 is 0 Å². The molecule has 1 atom stereocenters. The Hall–Kier alpha value is -2.30. The Labute approximate surface area is 103 Å². The number of carboxylic acid groups (broad SMARTS) is 1. The molecule has 1 heterocycles. The second-order valence-electron chi connectivity index (χ2n) is 4.02.